The maximum Gasteiger partial charge on any atom is 0.252 e. The predicted molar refractivity (Wildman–Crippen MR) is 90.4 cm³/mol. The fourth-order valence-corrected chi connectivity index (χ4v) is 4.18. The second-order valence-corrected chi connectivity index (χ2v) is 6.73. The molecule has 0 spiro atoms. The van der Waals surface area contributed by atoms with E-state index in [2.05, 4.69) is 5.32 Å². The minimum Gasteiger partial charge on any atom is -0.393 e. The highest BCUT2D eigenvalue weighted by molar-refractivity contribution is 7.11. The zero-order valence-corrected chi connectivity index (χ0v) is 13.4. The van der Waals surface area contributed by atoms with Crippen molar-refractivity contribution in [3.8, 4) is 0 Å². The lowest BCUT2D eigenvalue weighted by Crippen LogP contribution is -2.48. The molecule has 0 aliphatic carbocycles. The number of hydrogen-bond acceptors (Lipinski definition) is 4. The molecule has 3 nitrogen and oxygen atoms in total. The number of benzene rings is 1. The lowest BCUT2D eigenvalue weighted by molar-refractivity contribution is 0.0874. The standard InChI is InChI=1S/C17H15NO2S2/c19-12-17(14-8-4-10-21-14,15-9-5-11-22-15)18-16(20)13-6-2-1-3-7-13/h1-11,19H,12H2,(H,18,20). The summed E-state index contributed by atoms with van der Waals surface area (Å²) in [6, 6.07) is 16.8. The fraction of sp³-hybridized carbons (Fsp3) is 0.118. The van der Waals surface area contributed by atoms with Gasteiger partial charge in [-0.15, -0.1) is 22.7 Å². The topological polar surface area (TPSA) is 49.3 Å². The van der Waals surface area contributed by atoms with Crippen molar-refractivity contribution in [1.29, 1.82) is 0 Å². The number of amides is 1. The van der Waals surface area contributed by atoms with E-state index in [0.29, 0.717) is 5.56 Å². The summed E-state index contributed by atoms with van der Waals surface area (Å²) in [6.45, 7) is -0.188. The Bertz CT molecular complexity index is 687. The lowest BCUT2D eigenvalue weighted by atomic mass is 9.95. The van der Waals surface area contributed by atoms with Gasteiger partial charge < -0.3 is 10.4 Å². The first kappa shape index (κ1) is 15.0. The number of aliphatic hydroxyl groups excluding tert-OH is 1. The molecule has 112 valence electrons. The number of nitrogens with one attached hydrogen (secondary N) is 1. The molecule has 2 heterocycles. The summed E-state index contributed by atoms with van der Waals surface area (Å²) >= 11 is 3.04. The van der Waals surface area contributed by atoms with Gasteiger partial charge in [0.15, 0.2) is 0 Å². The number of carbonyl (C=O) groups excluding carboxylic acids is 1. The molecule has 22 heavy (non-hydrogen) atoms. The molecule has 1 amide bonds. The van der Waals surface area contributed by atoms with E-state index in [1.807, 2.05) is 53.2 Å². The molecule has 3 rings (SSSR count). The number of rotatable bonds is 5. The van der Waals surface area contributed by atoms with E-state index >= 15 is 0 Å². The quantitative estimate of drug-likeness (QED) is 0.753. The van der Waals surface area contributed by atoms with E-state index in [1.165, 1.54) is 22.7 Å². The van der Waals surface area contributed by atoms with Gasteiger partial charge in [0.05, 0.1) is 6.61 Å². The average Bonchev–Trinajstić information content (AvgIpc) is 3.27. The molecular formula is C17H15NO2S2. The third-order valence-electron chi connectivity index (χ3n) is 3.48. The van der Waals surface area contributed by atoms with Crippen LogP contribution >= 0.6 is 22.7 Å². The van der Waals surface area contributed by atoms with Gasteiger partial charge in [0.2, 0.25) is 0 Å². The normalized spacial score (nSPS) is 11.3. The Labute approximate surface area is 136 Å². The van der Waals surface area contributed by atoms with Crippen LogP contribution < -0.4 is 5.32 Å². The Morgan fingerprint density at radius 3 is 2.00 bits per heavy atom. The van der Waals surface area contributed by atoms with Gasteiger partial charge in [-0.3, -0.25) is 4.79 Å². The van der Waals surface area contributed by atoms with Crippen molar-refractivity contribution in [2.75, 3.05) is 6.61 Å². The van der Waals surface area contributed by atoms with Gasteiger partial charge in [-0.25, -0.2) is 0 Å². The first-order chi connectivity index (χ1) is 10.8. The minimum atomic E-state index is -0.894. The van der Waals surface area contributed by atoms with E-state index in [9.17, 15) is 9.90 Å². The molecule has 0 radical (unpaired) electrons. The van der Waals surface area contributed by atoms with Crippen molar-refractivity contribution in [3.05, 3.63) is 80.7 Å². The van der Waals surface area contributed by atoms with Crippen molar-refractivity contribution in [2.24, 2.45) is 0 Å². The van der Waals surface area contributed by atoms with E-state index < -0.39 is 5.54 Å². The summed E-state index contributed by atoms with van der Waals surface area (Å²) in [5.41, 5.74) is -0.316. The smallest absolute Gasteiger partial charge is 0.252 e. The van der Waals surface area contributed by atoms with Gasteiger partial charge in [0, 0.05) is 15.3 Å². The zero-order chi connectivity index (χ0) is 15.4. The van der Waals surface area contributed by atoms with Gasteiger partial charge in [-0.2, -0.15) is 0 Å². The van der Waals surface area contributed by atoms with Crippen molar-refractivity contribution >= 4 is 28.6 Å². The van der Waals surface area contributed by atoms with Gasteiger partial charge in [-0.1, -0.05) is 30.3 Å². The number of hydrogen-bond donors (Lipinski definition) is 2. The Kier molecular flexibility index (Phi) is 4.38. The number of carbonyl (C=O) groups is 1. The van der Waals surface area contributed by atoms with Crippen LogP contribution in [0.4, 0.5) is 0 Å². The number of thiophene rings is 2. The van der Waals surface area contributed by atoms with Crippen LogP contribution in [0.25, 0.3) is 0 Å². The van der Waals surface area contributed by atoms with Crippen molar-refractivity contribution in [2.45, 2.75) is 5.54 Å². The van der Waals surface area contributed by atoms with E-state index in [4.69, 9.17) is 0 Å². The van der Waals surface area contributed by atoms with Crippen LogP contribution in [0, 0.1) is 0 Å². The molecule has 0 bridgehead atoms. The second-order valence-electron chi connectivity index (χ2n) is 4.84. The molecule has 0 aliphatic rings. The number of aliphatic hydroxyl groups is 1. The summed E-state index contributed by atoms with van der Waals surface area (Å²) in [7, 11) is 0. The monoisotopic (exact) mass is 329 g/mol. The van der Waals surface area contributed by atoms with Crippen LogP contribution in [0.2, 0.25) is 0 Å². The Balaban J connectivity index is 2.01. The lowest BCUT2D eigenvalue weighted by Gasteiger charge is -2.31. The molecule has 2 N–H and O–H groups in total. The summed E-state index contributed by atoms with van der Waals surface area (Å²) in [5.74, 6) is -0.198. The van der Waals surface area contributed by atoms with Gasteiger partial charge in [0.1, 0.15) is 5.54 Å². The van der Waals surface area contributed by atoms with Gasteiger partial charge in [0.25, 0.3) is 5.91 Å². The highest BCUT2D eigenvalue weighted by Crippen LogP contribution is 2.35. The van der Waals surface area contributed by atoms with Crippen molar-refractivity contribution in [1.82, 2.24) is 5.32 Å². The third kappa shape index (κ3) is 2.70. The zero-order valence-electron chi connectivity index (χ0n) is 11.7. The summed E-state index contributed by atoms with van der Waals surface area (Å²) in [5, 5.41) is 17.0. The Hall–Kier alpha value is -1.95. The maximum atomic E-state index is 12.6. The molecule has 5 heteroatoms. The molecule has 0 atom stereocenters. The van der Waals surface area contributed by atoms with Crippen molar-refractivity contribution in [3.63, 3.8) is 0 Å². The molecule has 1 aromatic carbocycles. The van der Waals surface area contributed by atoms with Crippen LogP contribution in [0.3, 0.4) is 0 Å². The largest absolute Gasteiger partial charge is 0.393 e. The van der Waals surface area contributed by atoms with Crippen LogP contribution in [0.5, 0.6) is 0 Å². The molecule has 2 aromatic heterocycles. The molecule has 0 aliphatic heterocycles. The highest BCUT2D eigenvalue weighted by Gasteiger charge is 2.37. The molecular weight excluding hydrogens is 314 g/mol. The summed E-state index contributed by atoms with van der Waals surface area (Å²) in [4.78, 5) is 14.4. The third-order valence-corrected chi connectivity index (χ3v) is 5.55. The van der Waals surface area contributed by atoms with Crippen LogP contribution in [-0.2, 0) is 5.54 Å². The maximum absolute atomic E-state index is 12.6. The van der Waals surface area contributed by atoms with Crippen LogP contribution in [-0.4, -0.2) is 17.6 Å². The summed E-state index contributed by atoms with van der Waals surface area (Å²) < 4.78 is 0. The Morgan fingerprint density at radius 2 is 1.55 bits per heavy atom. The fourth-order valence-electron chi connectivity index (χ4n) is 2.34. The second kappa shape index (κ2) is 6.44. The van der Waals surface area contributed by atoms with Crippen molar-refractivity contribution < 1.29 is 9.90 Å². The summed E-state index contributed by atoms with van der Waals surface area (Å²) in [6.07, 6.45) is 0. The van der Waals surface area contributed by atoms with E-state index in [1.54, 1.807) is 12.1 Å². The van der Waals surface area contributed by atoms with Crippen LogP contribution in [0.15, 0.2) is 65.4 Å². The first-order valence-corrected chi connectivity index (χ1v) is 8.58. The molecule has 3 aromatic rings. The molecule has 0 saturated carbocycles. The average molecular weight is 329 g/mol. The van der Waals surface area contributed by atoms with E-state index in [0.717, 1.165) is 9.75 Å². The van der Waals surface area contributed by atoms with Gasteiger partial charge in [-0.05, 0) is 35.0 Å². The predicted octanol–water partition coefficient (Wildman–Crippen LogP) is 3.48. The molecule has 0 fully saturated rings. The van der Waals surface area contributed by atoms with Crippen LogP contribution in [0.1, 0.15) is 20.1 Å². The minimum absolute atomic E-state index is 0.188. The SMILES string of the molecule is O=C(NC(CO)(c1cccs1)c1cccs1)c1ccccc1. The molecule has 0 saturated heterocycles. The first-order valence-electron chi connectivity index (χ1n) is 6.82. The van der Waals surface area contributed by atoms with Gasteiger partial charge >= 0.3 is 0 Å². The molecule has 0 unspecified atom stereocenters. The highest BCUT2D eigenvalue weighted by atomic mass is 32.1. The van der Waals surface area contributed by atoms with E-state index in [-0.39, 0.29) is 12.5 Å². The Morgan fingerprint density at radius 1 is 0.955 bits per heavy atom.